The van der Waals surface area contributed by atoms with Crippen LogP contribution in [0.2, 0.25) is 5.02 Å². The summed E-state index contributed by atoms with van der Waals surface area (Å²) in [6, 6.07) is 10.6. The van der Waals surface area contributed by atoms with Crippen molar-refractivity contribution in [2.45, 2.75) is 44.5 Å². The molecule has 2 aromatic rings. The smallest absolute Gasteiger partial charge is 0.269 e. The van der Waals surface area contributed by atoms with E-state index in [0.29, 0.717) is 42.5 Å². The van der Waals surface area contributed by atoms with Crippen molar-refractivity contribution in [1.29, 1.82) is 5.26 Å². The molecule has 0 radical (unpaired) electrons. The van der Waals surface area contributed by atoms with Crippen LogP contribution in [0.25, 0.3) is 0 Å². The lowest BCUT2D eigenvalue weighted by atomic mass is 9.97. The van der Waals surface area contributed by atoms with Crippen molar-refractivity contribution >= 4 is 23.4 Å². The summed E-state index contributed by atoms with van der Waals surface area (Å²) in [4.78, 5) is 38.0. The van der Waals surface area contributed by atoms with Gasteiger partial charge in [-0.1, -0.05) is 24.6 Å². The van der Waals surface area contributed by atoms with Crippen LogP contribution in [0.15, 0.2) is 66.3 Å². The molecule has 43 heavy (non-hydrogen) atoms. The summed E-state index contributed by atoms with van der Waals surface area (Å²) >= 11 is 6.07. The maximum absolute atomic E-state index is 14.0. The van der Waals surface area contributed by atoms with E-state index in [-0.39, 0.29) is 29.5 Å². The number of piperazine rings is 1. The number of allylic oxidation sites excluding steroid dienone is 1. The third-order valence-electron chi connectivity index (χ3n) is 8.34. The lowest BCUT2D eigenvalue weighted by Gasteiger charge is -2.46. The molecule has 4 heterocycles. The Labute approximate surface area is 257 Å². The number of hydrogen-bond acceptors (Lipinski definition) is 8. The monoisotopic (exact) mass is 603 g/mol. The maximum atomic E-state index is 14.0. The van der Waals surface area contributed by atoms with Gasteiger partial charge in [0.15, 0.2) is 5.72 Å². The number of likely N-dealkylation sites (tertiary alicyclic amines) is 1. The van der Waals surface area contributed by atoms with Crippen LogP contribution in [0.4, 0.5) is 0 Å². The number of benzene rings is 1. The van der Waals surface area contributed by atoms with E-state index < -0.39 is 5.72 Å². The van der Waals surface area contributed by atoms with Gasteiger partial charge in [0.25, 0.3) is 11.8 Å². The fourth-order valence-electron chi connectivity index (χ4n) is 6.11. The van der Waals surface area contributed by atoms with Crippen LogP contribution < -0.4 is 10.6 Å². The molecule has 2 fully saturated rings. The Bertz CT molecular complexity index is 1460. The number of carbonyl (C=O) groups excluding carboxylic acids is 2. The topological polar surface area (TPSA) is 114 Å². The van der Waals surface area contributed by atoms with Crippen LogP contribution in [0.1, 0.15) is 48.2 Å². The number of pyridine rings is 1. The lowest BCUT2D eigenvalue weighted by molar-refractivity contribution is -0.120. The van der Waals surface area contributed by atoms with Crippen LogP contribution in [0, 0.1) is 11.3 Å². The van der Waals surface area contributed by atoms with Crippen molar-refractivity contribution in [3.05, 3.63) is 88.0 Å². The fraction of sp³-hybridized carbons (Fsp3) is 0.438. The summed E-state index contributed by atoms with van der Waals surface area (Å²) in [5.74, 6) is -0.395. The van der Waals surface area contributed by atoms with Gasteiger partial charge in [0.1, 0.15) is 11.8 Å². The molecule has 10 nitrogen and oxygen atoms in total. The number of rotatable bonds is 8. The highest BCUT2D eigenvalue weighted by atomic mass is 35.5. The van der Waals surface area contributed by atoms with E-state index in [0.717, 1.165) is 37.2 Å². The Morgan fingerprint density at radius 1 is 1.23 bits per heavy atom. The summed E-state index contributed by atoms with van der Waals surface area (Å²) in [5, 5.41) is 16.7. The molecule has 11 heteroatoms. The van der Waals surface area contributed by atoms with Crippen molar-refractivity contribution < 1.29 is 14.3 Å². The molecule has 2 amide bonds. The van der Waals surface area contributed by atoms with Gasteiger partial charge in [-0.25, -0.2) is 0 Å². The molecule has 1 aromatic carbocycles. The van der Waals surface area contributed by atoms with Crippen molar-refractivity contribution in [3.8, 4) is 6.07 Å². The van der Waals surface area contributed by atoms with Crippen LogP contribution >= 0.6 is 11.6 Å². The van der Waals surface area contributed by atoms with Gasteiger partial charge in [-0.3, -0.25) is 14.6 Å². The zero-order valence-corrected chi connectivity index (χ0v) is 25.6. The molecule has 0 bridgehead atoms. The van der Waals surface area contributed by atoms with Gasteiger partial charge in [0.2, 0.25) is 0 Å². The van der Waals surface area contributed by atoms with Crippen LogP contribution in [-0.2, 0) is 15.3 Å². The number of likely N-dealkylation sites (N-methyl/N-ethyl adjacent to an activating group) is 1. The summed E-state index contributed by atoms with van der Waals surface area (Å²) in [6.07, 6.45) is 8.98. The largest absolute Gasteiger partial charge is 0.363 e. The molecule has 1 aromatic heterocycles. The highest BCUT2D eigenvalue weighted by molar-refractivity contribution is 6.30. The van der Waals surface area contributed by atoms with Gasteiger partial charge >= 0.3 is 0 Å². The number of dihydropyridines is 1. The highest BCUT2D eigenvalue weighted by Crippen LogP contribution is 2.33. The third kappa shape index (κ3) is 6.39. The van der Waals surface area contributed by atoms with Gasteiger partial charge in [0, 0.05) is 67.8 Å². The molecule has 3 aliphatic heterocycles. The second-order valence-electron chi connectivity index (χ2n) is 11.2. The molecule has 0 spiro atoms. The van der Waals surface area contributed by atoms with Crippen molar-refractivity contribution in [2.75, 3.05) is 46.4 Å². The zero-order valence-electron chi connectivity index (χ0n) is 24.8. The highest BCUT2D eigenvalue weighted by Gasteiger charge is 2.40. The van der Waals surface area contributed by atoms with Crippen molar-refractivity contribution in [3.63, 3.8) is 0 Å². The number of carbonyl (C=O) groups is 2. The Morgan fingerprint density at radius 3 is 2.74 bits per heavy atom. The van der Waals surface area contributed by atoms with E-state index in [4.69, 9.17) is 16.3 Å². The zero-order chi connectivity index (χ0) is 30.6. The number of nitrogens with zero attached hydrogens (tertiary/aromatic N) is 5. The van der Waals surface area contributed by atoms with E-state index in [2.05, 4.69) is 45.5 Å². The molecule has 1 unspecified atom stereocenters. The molecule has 2 N–H and O–H groups in total. The van der Waals surface area contributed by atoms with Crippen LogP contribution in [-0.4, -0.2) is 90.0 Å². The Morgan fingerprint density at radius 2 is 2.07 bits per heavy atom. The molecule has 5 rings (SSSR count). The van der Waals surface area contributed by atoms with E-state index in [1.165, 1.54) is 6.07 Å². The second kappa shape index (κ2) is 13.2. The maximum Gasteiger partial charge on any atom is 0.269 e. The van der Waals surface area contributed by atoms with Gasteiger partial charge < -0.3 is 30.1 Å². The van der Waals surface area contributed by atoms with Gasteiger partial charge in [0.05, 0.1) is 16.8 Å². The minimum atomic E-state index is -1.06. The first-order valence-corrected chi connectivity index (χ1v) is 15.2. The molecule has 0 aliphatic carbocycles. The number of nitriles is 1. The lowest BCUT2D eigenvalue weighted by Crippen LogP contribution is -2.57. The number of nitrogens with one attached hydrogen (secondary N) is 2. The SMILES string of the molecule is CCOC1(c2cccnc2)C=CC(N2CCN(C(=O)c3ccc(Cl)cc3C#N)C[C@H]2CC)=C(C(=O)N[C@@H]2CCN(C)C2)N1. The number of halogens is 1. The van der Waals surface area contributed by atoms with Crippen molar-refractivity contribution in [1.82, 2.24) is 30.3 Å². The molecule has 226 valence electrons. The number of aromatic nitrogens is 1. The van der Waals surface area contributed by atoms with E-state index in [1.54, 1.807) is 29.4 Å². The molecule has 3 aliphatic rings. The number of hydrogen-bond donors (Lipinski definition) is 2. The fourth-order valence-corrected chi connectivity index (χ4v) is 6.28. The first-order valence-electron chi connectivity index (χ1n) is 14.8. The minimum absolute atomic E-state index is 0.0454. The molecule has 2 saturated heterocycles. The van der Waals surface area contributed by atoms with Crippen LogP contribution in [0.3, 0.4) is 0 Å². The number of amides is 2. The third-order valence-corrected chi connectivity index (χ3v) is 8.58. The predicted molar refractivity (Wildman–Crippen MR) is 164 cm³/mol. The predicted octanol–water partition coefficient (Wildman–Crippen LogP) is 3.22. The first-order chi connectivity index (χ1) is 20.8. The first kappa shape index (κ1) is 30.5. The Kier molecular flexibility index (Phi) is 9.35. The normalized spacial score (nSPS) is 24.1. The van der Waals surface area contributed by atoms with Gasteiger partial charge in [-0.05, 0) is 69.8 Å². The van der Waals surface area contributed by atoms with E-state index >= 15 is 0 Å². The molecular formula is C32H38ClN7O3. The van der Waals surface area contributed by atoms with Gasteiger partial charge in [-0.15, -0.1) is 0 Å². The summed E-state index contributed by atoms with van der Waals surface area (Å²) < 4.78 is 6.27. The number of ether oxygens (including phenoxy) is 1. The standard InChI is InChI=1S/C32H38ClN7O3/c1-4-26-21-39(31(42)27-9-8-24(33)17-22(27)18-34)15-16-40(26)28-10-12-32(43-5-2,23-7-6-13-35-19-23)37-29(28)30(41)36-25-11-14-38(3)20-25/h6-10,12-13,17,19,25-26,37H,4-5,11,14-16,20-21H2,1-3H3,(H,36,41)/t25-,26-,32?/m1/s1. The second-order valence-corrected chi connectivity index (χ2v) is 11.6. The van der Waals surface area contributed by atoms with Crippen LogP contribution in [0.5, 0.6) is 0 Å². The summed E-state index contributed by atoms with van der Waals surface area (Å²) in [7, 11) is 2.05. The van der Waals surface area contributed by atoms with Gasteiger partial charge in [-0.2, -0.15) is 5.26 Å². The average Bonchev–Trinajstić information content (AvgIpc) is 3.44. The van der Waals surface area contributed by atoms with E-state index in [1.807, 2.05) is 31.2 Å². The molecule has 0 saturated carbocycles. The molecular weight excluding hydrogens is 566 g/mol. The average molecular weight is 604 g/mol. The quantitative estimate of drug-likeness (QED) is 0.473. The summed E-state index contributed by atoms with van der Waals surface area (Å²) in [6.45, 7) is 7.51. The van der Waals surface area contributed by atoms with Crippen molar-refractivity contribution in [2.24, 2.45) is 0 Å². The Balaban J connectivity index is 1.46. The molecule has 3 atom stereocenters. The van der Waals surface area contributed by atoms with E-state index in [9.17, 15) is 14.9 Å². The summed E-state index contributed by atoms with van der Waals surface area (Å²) in [5.41, 5.74) is 1.51. The minimum Gasteiger partial charge on any atom is -0.363 e. The Hall–Kier alpha value is -3.91.